The molecule has 0 bridgehead atoms. The fourth-order valence-electron chi connectivity index (χ4n) is 1.86. The van der Waals surface area contributed by atoms with E-state index in [0.29, 0.717) is 0 Å². The molecule has 0 aromatic heterocycles. The highest BCUT2D eigenvalue weighted by Crippen LogP contribution is 1.97. The standard InChI is InChI=1S/2C5H11N.C4H6O5/c2*1-2-4-6-5-3-1;5-2(4(8)9)1-3(6)7/h2*6H,1-5H2;2,5H,1H2,(H,6,7)(H,8,9). The molecule has 124 valence electrons. The maximum atomic E-state index is 9.72. The summed E-state index contributed by atoms with van der Waals surface area (Å²) in [5.41, 5.74) is 0. The molecule has 2 fully saturated rings. The molecular formula is C14H28N2O5. The Morgan fingerprint density at radius 3 is 1.29 bits per heavy atom. The van der Waals surface area contributed by atoms with Gasteiger partial charge >= 0.3 is 11.9 Å². The highest BCUT2D eigenvalue weighted by Gasteiger charge is 2.16. The number of hydrogen-bond acceptors (Lipinski definition) is 5. The molecule has 0 spiro atoms. The van der Waals surface area contributed by atoms with Gasteiger partial charge in [0.1, 0.15) is 0 Å². The van der Waals surface area contributed by atoms with E-state index in [1.54, 1.807) is 0 Å². The Bertz CT molecular complexity index is 244. The molecular weight excluding hydrogens is 276 g/mol. The van der Waals surface area contributed by atoms with Crippen LogP contribution in [0.5, 0.6) is 0 Å². The van der Waals surface area contributed by atoms with E-state index in [4.69, 9.17) is 15.3 Å². The Morgan fingerprint density at radius 1 is 0.810 bits per heavy atom. The lowest BCUT2D eigenvalue weighted by Crippen LogP contribution is -2.22. The van der Waals surface area contributed by atoms with E-state index in [-0.39, 0.29) is 0 Å². The van der Waals surface area contributed by atoms with Crippen LogP contribution in [-0.4, -0.2) is 59.5 Å². The van der Waals surface area contributed by atoms with Gasteiger partial charge in [0.15, 0.2) is 6.10 Å². The summed E-state index contributed by atoms with van der Waals surface area (Å²) >= 11 is 0. The van der Waals surface area contributed by atoms with Crippen LogP contribution in [0.4, 0.5) is 0 Å². The van der Waals surface area contributed by atoms with Crippen molar-refractivity contribution in [3.05, 3.63) is 0 Å². The second kappa shape index (κ2) is 13.8. The van der Waals surface area contributed by atoms with Crippen LogP contribution in [0.2, 0.25) is 0 Å². The van der Waals surface area contributed by atoms with Gasteiger partial charge in [0, 0.05) is 0 Å². The van der Waals surface area contributed by atoms with Gasteiger partial charge in [0.05, 0.1) is 6.42 Å². The van der Waals surface area contributed by atoms with Crippen molar-refractivity contribution in [2.45, 2.75) is 51.0 Å². The summed E-state index contributed by atoms with van der Waals surface area (Å²) in [5, 5.41) is 30.7. The largest absolute Gasteiger partial charge is 0.481 e. The number of rotatable bonds is 3. The molecule has 2 aliphatic rings. The average Bonchev–Trinajstić information content (AvgIpc) is 2.51. The van der Waals surface area contributed by atoms with E-state index in [9.17, 15) is 9.59 Å². The molecule has 0 aliphatic carbocycles. The molecule has 2 aliphatic heterocycles. The minimum absolute atomic E-state index is 0.755. The number of hydrogen-bond donors (Lipinski definition) is 5. The minimum atomic E-state index is -1.79. The van der Waals surface area contributed by atoms with Crippen LogP contribution in [0.3, 0.4) is 0 Å². The smallest absolute Gasteiger partial charge is 0.333 e. The number of carboxylic acids is 2. The summed E-state index contributed by atoms with van der Waals surface area (Å²) in [5.74, 6) is -2.85. The summed E-state index contributed by atoms with van der Waals surface area (Å²) in [4.78, 5) is 19.4. The molecule has 0 saturated carbocycles. The molecule has 2 heterocycles. The second-order valence-electron chi connectivity index (χ2n) is 5.07. The lowest BCUT2D eigenvalue weighted by atomic mass is 10.2. The summed E-state index contributed by atoms with van der Waals surface area (Å²) < 4.78 is 0. The lowest BCUT2D eigenvalue weighted by molar-refractivity contribution is -0.152. The summed E-state index contributed by atoms with van der Waals surface area (Å²) in [6.07, 6.45) is 5.89. The lowest BCUT2D eigenvalue weighted by Gasteiger charge is -2.08. The van der Waals surface area contributed by atoms with Crippen LogP contribution in [-0.2, 0) is 9.59 Å². The van der Waals surface area contributed by atoms with E-state index >= 15 is 0 Å². The maximum Gasteiger partial charge on any atom is 0.333 e. The highest BCUT2D eigenvalue weighted by molar-refractivity contribution is 5.79. The first kappa shape index (κ1) is 19.8. The van der Waals surface area contributed by atoms with E-state index < -0.39 is 24.5 Å². The fourth-order valence-corrected chi connectivity index (χ4v) is 1.86. The summed E-state index contributed by atoms with van der Waals surface area (Å²) in [7, 11) is 0. The van der Waals surface area contributed by atoms with Gasteiger partial charge in [-0.15, -0.1) is 0 Å². The Labute approximate surface area is 125 Å². The second-order valence-corrected chi connectivity index (χ2v) is 5.07. The van der Waals surface area contributed by atoms with E-state index in [2.05, 4.69) is 10.6 Å². The molecule has 0 aromatic carbocycles. The van der Waals surface area contributed by atoms with Gasteiger partial charge in [0.25, 0.3) is 0 Å². The van der Waals surface area contributed by atoms with Crippen molar-refractivity contribution in [1.82, 2.24) is 10.6 Å². The zero-order valence-electron chi connectivity index (χ0n) is 12.5. The molecule has 0 radical (unpaired) electrons. The van der Waals surface area contributed by atoms with Crippen molar-refractivity contribution in [3.63, 3.8) is 0 Å². The van der Waals surface area contributed by atoms with Crippen molar-refractivity contribution in [1.29, 1.82) is 0 Å². The predicted octanol–water partition coefficient (Wildman–Crippen LogP) is 0.426. The van der Waals surface area contributed by atoms with Crippen LogP contribution in [0.15, 0.2) is 0 Å². The van der Waals surface area contributed by atoms with E-state index in [1.165, 1.54) is 64.7 Å². The van der Waals surface area contributed by atoms with Crippen LogP contribution >= 0.6 is 0 Å². The third-order valence-electron chi connectivity index (χ3n) is 3.07. The van der Waals surface area contributed by atoms with Gasteiger partial charge < -0.3 is 26.0 Å². The Balaban J connectivity index is 0.000000293. The highest BCUT2D eigenvalue weighted by atomic mass is 16.4. The van der Waals surface area contributed by atoms with E-state index in [1.807, 2.05) is 0 Å². The quantitative estimate of drug-likeness (QED) is 0.513. The number of aliphatic hydroxyl groups excluding tert-OH is 1. The van der Waals surface area contributed by atoms with Gasteiger partial charge in [0.2, 0.25) is 0 Å². The van der Waals surface area contributed by atoms with Gasteiger partial charge in [-0.25, -0.2) is 4.79 Å². The van der Waals surface area contributed by atoms with Crippen molar-refractivity contribution < 1.29 is 24.9 Å². The normalized spacial score (nSPS) is 19.1. The molecule has 1 unspecified atom stereocenters. The van der Waals surface area contributed by atoms with Crippen LogP contribution in [0.1, 0.15) is 44.9 Å². The number of aliphatic hydroxyl groups is 1. The number of nitrogens with one attached hydrogen (secondary N) is 2. The number of aliphatic carboxylic acids is 2. The maximum absolute atomic E-state index is 9.72. The Hall–Kier alpha value is -1.18. The van der Waals surface area contributed by atoms with Gasteiger partial charge in [-0.2, -0.15) is 0 Å². The first-order valence-electron chi connectivity index (χ1n) is 7.58. The van der Waals surface area contributed by atoms with Gasteiger partial charge in [-0.1, -0.05) is 12.8 Å². The first-order chi connectivity index (χ1) is 10.0. The average molecular weight is 304 g/mol. The first-order valence-corrected chi connectivity index (χ1v) is 7.58. The van der Waals surface area contributed by atoms with Crippen molar-refractivity contribution >= 4 is 11.9 Å². The molecule has 1 atom stereocenters. The third kappa shape index (κ3) is 15.0. The van der Waals surface area contributed by atoms with Gasteiger partial charge in [-0.05, 0) is 51.9 Å². The minimum Gasteiger partial charge on any atom is -0.481 e. The van der Waals surface area contributed by atoms with Crippen molar-refractivity contribution in [3.8, 4) is 0 Å². The molecule has 0 amide bonds. The van der Waals surface area contributed by atoms with Crippen molar-refractivity contribution in [2.24, 2.45) is 0 Å². The monoisotopic (exact) mass is 304 g/mol. The molecule has 21 heavy (non-hydrogen) atoms. The Morgan fingerprint density at radius 2 is 1.19 bits per heavy atom. The zero-order valence-corrected chi connectivity index (χ0v) is 12.5. The fraction of sp³-hybridized carbons (Fsp3) is 0.857. The topological polar surface area (TPSA) is 119 Å². The SMILES string of the molecule is C1CCNCC1.C1CCNCC1.O=C(O)CC(O)C(=O)O. The Kier molecular flexibility index (Phi) is 13.0. The molecule has 7 heteroatoms. The predicted molar refractivity (Wildman–Crippen MR) is 79.3 cm³/mol. The van der Waals surface area contributed by atoms with E-state index in [0.717, 1.165) is 0 Å². The molecule has 5 N–H and O–H groups in total. The summed E-state index contributed by atoms with van der Waals surface area (Å²) in [6.45, 7) is 5.00. The summed E-state index contributed by atoms with van der Waals surface area (Å²) in [6, 6.07) is 0. The number of carboxylic acid groups (broad SMARTS) is 2. The molecule has 0 aromatic rings. The van der Waals surface area contributed by atoms with Crippen LogP contribution in [0.25, 0.3) is 0 Å². The van der Waals surface area contributed by atoms with Crippen molar-refractivity contribution in [2.75, 3.05) is 26.2 Å². The number of carbonyl (C=O) groups is 2. The number of piperidine rings is 2. The zero-order chi connectivity index (χ0) is 15.9. The molecule has 2 saturated heterocycles. The van der Waals surface area contributed by atoms with Gasteiger partial charge in [-0.3, -0.25) is 4.79 Å². The van der Waals surface area contributed by atoms with Crippen LogP contribution < -0.4 is 10.6 Å². The molecule has 2 rings (SSSR count). The van der Waals surface area contributed by atoms with Crippen LogP contribution in [0, 0.1) is 0 Å². The molecule has 7 nitrogen and oxygen atoms in total. The third-order valence-corrected chi connectivity index (χ3v) is 3.07.